The van der Waals surface area contributed by atoms with Crippen molar-refractivity contribution in [1.29, 1.82) is 0 Å². The number of aliphatic hydroxyl groups is 1. The molecule has 1 atom stereocenters. The average molecular weight is 470 g/mol. The van der Waals surface area contributed by atoms with Crippen molar-refractivity contribution in [3.8, 4) is 0 Å². The van der Waals surface area contributed by atoms with E-state index in [9.17, 15) is 23.1 Å². The molecular weight excluding hydrogens is 445 g/mol. The topological polar surface area (TPSA) is 75.8 Å². The smallest absolute Gasteiger partial charge is 0.380 e. The molecule has 0 radical (unpaired) electrons. The van der Waals surface area contributed by atoms with Gasteiger partial charge in [0.2, 0.25) is 5.91 Å². The van der Waals surface area contributed by atoms with Gasteiger partial charge in [-0.15, -0.1) is 0 Å². The van der Waals surface area contributed by atoms with Gasteiger partial charge in [0.05, 0.1) is 18.8 Å². The second kappa shape index (κ2) is 9.58. The van der Waals surface area contributed by atoms with Crippen LogP contribution in [0.1, 0.15) is 28.3 Å². The minimum atomic E-state index is -4.40. The van der Waals surface area contributed by atoms with Gasteiger partial charge in [0.25, 0.3) is 0 Å². The molecule has 1 amide bonds. The predicted octanol–water partition coefficient (Wildman–Crippen LogP) is 4.20. The van der Waals surface area contributed by atoms with Crippen molar-refractivity contribution in [3.05, 3.63) is 101 Å². The Morgan fingerprint density at radius 3 is 2.15 bits per heavy atom. The second-order valence-corrected chi connectivity index (χ2v) is 8.39. The summed E-state index contributed by atoms with van der Waals surface area (Å²) in [7, 11) is 0. The SMILES string of the molecule is NC(C(=O)N(CCc1ccc(C(F)(F)F)cc1)c1ccc(C2(O)COC2)cc1)c1ccccc1. The van der Waals surface area contributed by atoms with E-state index in [-0.39, 0.29) is 25.7 Å². The zero-order valence-electron chi connectivity index (χ0n) is 18.3. The number of halogens is 3. The molecule has 3 aromatic carbocycles. The number of hydrogen-bond acceptors (Lipinski definition) is 4. The molecule has 5 nitrogen and oxygen atoms in total. The highest BCUT2D eigenvalue weighted by Crippen LogP contribution is 2.32. The molecule has 0 aromatic heterocycles. The number of anilines is 1. The first-order valence-corrected chi connectivity index (χ1v) is 10.9. The number of nitrogens with zero attached hydrogens (tertiary/aromatic N) is 1. The molecular formula is C26H25F3N2O3. The van der Waals surface area contributed by atoms with E-state index < -0.39 is 23.4 Å². The van der Waals surface area contributed by atoms with Crippen LogP contribution in [0, 0.1) is 0 Å². The standard InChI is InChI=1S/C26H25F3N2O3/c27-26(28,29)21-8-6-18(7-9-21)14-15-31(24(32)23(30)19-4-2-1-3-5-19)22-12-10-20(11-13-22)25(33)16-34-17-25/h1-13,23,33H,14-17,30H2. The number of carbonyl (C=O) groups excluding carboxylic acids is 1. The molecule has 1 unspecified atom stereocenters. The highest BCUT2D eigenvalue weighted by molar-refractivity contribution is 5.97. The van der Waals surface area contributed by atoms with Gasteiger partial charge in [-0.3, -0.25) is 4.79 Å². The zero-order valence-corrected chi connectivity index (χ0v) is 18.3. The fourth-order valence-corrected chi connectivity index (χ4v) is 3.85. The van der Waals surface area contributed by atoms with Crippen molar-refractivity contribution >= 4 is 11.6 Å². The van der Waals surface area contributed by atoms with Crippen molar-refractivity contribution in [2.45, 2.75) is 24.2 Å². The zero-order chi connectivity index (χ0) is 24.3. The van der Waals surface area contributed by atoms with E-state index in [2.05, 4.69) is 0 Å². The van der Waals surface area contributed by atoms with E-state index in [1.807, 2.05) is 6.07 Å². The van der Waals surface area contributed by atoms with E-state index in [0.29, 0.717) is 28.8 Å². The van der Waals surface area contributed by atoms with Crippen molar-refractivity contribution < 1.29 is 27.8 Å². The number of alkyl halides is 3. The third-order valence-electron chi connectivity index (χ3n) is 5.99. The average Bonchev–Trinajstić information content (AvgIpc) is 2.82. The number of carbonyl (C=O) groups is 1. The maximum atomic E-state index is 13.4. The fraction of sp³-hybridized carbons (Fsp3) is 0.269. The van der Waals surface area contributed by atoms with Crippen molar-refractivity contribution in [2.24, 2.45) is 5.73 Å². The van der Waals surface area contributed by atoms with E-state index >= 15 is 0 Å². The third-order valence-corrected chi connectivity index (χ3v) is 5.99. The van der Waals surface area contributed by atoms with Gasteiger partial charge in [0.1, 0.15) is 11.6 Å². The molecule has 8 heteroatoms. The first-order valence-electron chi connectivity index (χ1n) is 10.9. The highest BCUT2D eigenvalue weighted by atomic mass is 19.4. The summed E-state index contributed by atoms with van der Waals surface area (Å²) in [5.41, 5.74) is 7.10. The van der Waals surface area contributed by atoms with Gasteiger partial charge in [-0.2, -0.15) is 13.2 Å². The predicted molar refractivity (Wildman–Crippen MR) is 122 cm³/mol. The number of amides is 1. The van der Waals surface area contributed by atoms with Crippen molar-refractivity contribution in [3.63, 3.8) is 0 Å². The molecule has 0 spiro atoms. The van der Waals surface area contributed by atoms with Crippen LogP contribution in [0.15, 0.2) is 78.9 Å². The maximum absolute atomic E-state index is 13.4. The van der Waals surface area contributed by atoms with Gasteiger partial charge in [0, 0.05) is 12.2 Å². The molecule has 1 heterocycles. The summed E-state index contributed by atoms with van der Waals surface area (Å²) < 4.78 is 43.7. The van der Waals surface area contributed by atoms with E-state index in [4.69, 9.17) is 10.5 Å². The Labute approximate surface area is 195 Å². The summed E-state index contributed by atoms with van der Waals surface area (Å²) >= 11 is 0. The van der Waals surface area contributed by atoms with Crippen molar-refractivity contribution in [1.82, 2.24) is 0 Å². The molecule has 34 heavy (non-hydrogen) atoms. The Hall–Kier alpha value is -3.20. The Kier molecular flexibility index (Phi) is 6.74. The van der Waals surface area contributed by atoms with E-state index in [0.717, 1.165) is 12.1 Å². The minimum Gasteiger partial charge on any atom is -0.380 e. The quantitative estimate of drug-likeness (QED) is 0.543. The third kappa shape index (κ3) is 5.14. The molecule has 0 aliphatic carbocycles. The van der Waals surface area contributed by atoms with Crippen LogP contribution >= 0.6 is 0 Å². The lowest BCUT2D eigenvalue weighted by molar-refractivity contribution is -0.184. The normalized spacial score (nSPS) is 15.9. The number of nitrogens with two attached hydrogens (primary N) is 1. The van der Waals surface area contributed by atoms with Crippen LogP contribution in [-0.2, 0) is 27.7 Å². The molecule has 3 N–H and O–H groups in total. The lowest BCUT2D eigenvalue weighted by Gasteiger charge is -2.37. The Bertz CT molecular complexity index is 1110. The molecule has 1 saturated heterocycles. The summed E-state index contributed by atoms with van der Waals surface area (Å²) in [5.74, 6) is -0.337. The summed E-state index contributed by atoms with van der Waals surface area (Å²) in [4.78, 5) is 14.9. The lowest BCUT2D eigenvalue weighted by atomic mass is 9.92. The molecule has 0 bridgehead atoms. The Balaban J connectivity index is 1.56. The summed E-state index contributed by atoms with van der Waals surface area (Å²) in [6, 6.07) is 19.9. The Morgan fingerprint density at radius 1 is 1.00 bits per heavy atom. The molecule has 3 aromatic rings. The first-order chi connectivity index (χ1) is 16.2. The largest absolute Gasteiger partial charge is 0.416 e. The fourth-order valence-electron chi connectivity index (χ4n) is 3.85. The molecule has 4 rings (SSSR count). The Morgan fingerprint density at radius 2 is 1.62 bits per heavy atom. The van der Waals surface area contributed by atoms with Crippen LogP contribution in [0.4, 0.5) is 18.9 Å². The van der Waals surface area contributed by atoms with Crippen LogP contribution in [0.5, 0.6) is 0 Å². The van der Waals surface area contributed by atoms with E-state index in [1.165, 1.54) is 17.0 Å². The number of ether oxygens (including phenoxy) is 1. The minimum absolute atomic E-state index is 0.210. The van der Waals surface area contributed by atoms with Crippen LogP contribution in [0.2, 0.25) is 0 Å². The maximum Gasteiger partial charge on any atom is 0.416 e. The molecule has 178 valence electrons. The summed E-state index contributed by atoms with van der Waals surface area (Å²) in [6.07, 6.45) is -4.06. The molecule has 0 saturated carbocycles. The number of benzene rings is 3. The van der Waals surface area contributed by atoms with Gasteiger partial charge in [-0.25, -0.2) is 0 Å². The number of hydrogen-bond donors (Lipinski definition) is 2. The van der Waals surface area contributed by atoms with Crippen LogP contribution in [0.3, 0.4) is 0 Å². The highest BCUT2D eigenvalue weighted by Gasteiger charge is 2.38. The number of rotatable bonds is 7. The van der Waals surface area contributed by atoms with Gasteiger partial charge in [-0.05, 0) is 47.4 Å². The van der Waals surface area contributed by atoms with Gasteiger partial charge >= 0.3 is 6.18 Å². The van der Waals surface area contributed by atoms with Gasteiger partial charge in [-0.1, -0.05) is 54.6 Å². The van der Waals surface area contributed by atoms with Crippen LogP contribution in [0.25, 0.3) is 0 Å². The summed E-state index contributed by atoms with van der Waals surface area (Å²) in [6.45, 7) is 0.640. The second-order valence-electron chi connectivity index (χ2n) is 8.39. The lowest BCUT2D eigenvalue weighted by Crippen LogP contribution is -2.46. The monoisotopic (exact) mass is 470 g/mol. The van der Waals surface area contributed by atoms with Crippen LogP contribution in [-0.4, -0.2) is 30.8 Å². The first kappa shape index (κ1) is 23.9. The molecule has 1 fully saturated rings. The molecule has 1 aliphatic rings. The molecule has 1 aliphatic heterocycles. The van der Waals surface area contributed by atoms with E-state index in [1.54, 1.807) is 48.5 Å². The van der Waals surface area contributed by atoms with Crippen LogP contribution < -0.4 is 10.6 Å². The van der Waals surface area contributed by atoms with Gasteiger partial charge < -0.3 is 20.5 Å². The summed E-state index contributed by atoms with van der Waals surface area (Å²) in [5, 5.41) is 10.5. The van der Waals surface area contributed by atoms with Gasteiger partial charge in [0.15, 0.2) is 0 Å². The van der Waals surface area contributed by atoms with Crippen molar-refractivity contribution in [2.75, 3.05) is 24.7 Å².